The summed E-state index contributed by atoms with van der Waals surface area (Å²) in [6.45, 7) is 0.340. The molecule has 0 unspecified atom stereocenters. The molecule has 1 heterocycles. The lowest BCUT2D eigenvalue weighted by Crippen LogP contribution is -2.05. The minimum absolute atomic E-state index is 0.321. The third kappa shape index (κ3) is 3.47. The van der Waals surface area contributed by atoms with Crippen LogP contribution in [0.15, 0.2) is 60.8 Å². The number of hydrogen-bond acceptors (Lipinski definition) is 1. The molecule has 0 bridgehead atoms. The van der Waals surface area contributed by atoms with E-state index in [4.69, 9.17) is 0 Å². The molecule has 6 heteroatoms. The third-order valence-electron chi connectivity index (χ3n) is 3.57. The third-order valence-corrected chi connectivity index (χ3v) is 3.57. The molecule has 0 aliphatic rings. The molecule has 2 nitrogen and oxygen atoms in total. The molecule has 3 aromatic rings. The Kier molecular flexibility index (Phi) is 3.98. The quantitative estimate of drug-likeness (QED) is 0.680. The number of aromatic nitrogens is 2. The summed E-state index contributed by atoms with van der Waals surface area (Å²) in [6, 6.07) is 16.7. The zero-order chi connectivity index (χ0) is 16.4. The van der Waals surface area contributed by atoms with Gasteiger partial charge in [0.25, 0.3) is 0 Å². The van der Waals surface area contributed by atoms with E-state index in [1.54, 1.807) is 16.7 Å². The highest BCUT2D eigenvalue weighted by Gasteiger charge is 2.34. The molecule has 2 aromatic carbocycles. The van der Waals surface area contributed by atoms with Crippen molar-refractivity contribution in [3.8, 4) is 11.4 Å². The second kappa shape index (κ2) is 5.95. The summed E-state index contributed by atoms with van der Waals surface area (Å²) in [5.41, 5.74) is 1.77. The number of hydrogen-bond donors (Lipinski definition) is 0. The normalized spacial score (nSPS) is 11.6. The van der Waals surface area contributed by atoms with Crippen LogP contribution in [0.25, 0.3) is 11.4 Å². The number of imidazole rings is 1. The topological polar surface area (TPSA) is 17.8 Å². The molecule has 0 spiro atoms. The summed E-state index contributed by atoms with van der Waals surface area (Å²) in [6.07, 6.45) is -3.39. The summed E-state index contributed by atoms with van der Waals surface area (Å²) >= 11 is 0. The molecule has 0 amide bonds. The zero-order valence-corrected chi connectivity index (χ0v) is 12.5. The molecular formula is C17H14BF3N2. The predicted molar refractivity (Wildman–Crippen MR) is 86.4 cm³/mol. The summed E-state index contributed by atoms with van der Waals surface area (Å²) in [4.78, 5) is 3.82. The average molecular weight is 314 g/mol. The minimum Gasteiger partial charge on any atom is -0.326 e. The highest BCUT2D eigenvalue weighted by atomic mass is 19.4. The number of nitrogens with zero attached hydrogens (tertiary/aromatic N) is 2. The van der Waals surface area contributed by atoms with Crippen molar-refractivity contribution in [2.75, 3.05) is 0 Å². The maximum atomic E-state index is 13.0. The standard InChI is InChI=1S/C17H14BF3N2/c18-14-8-6-13(7-9-14)16-22-15(17(19,20)21)11-23(16)10-12-4-2-1-3-5-12/h1-9,11H,10,18H2. The fourth-order valence-electron chi connectivity index (χ4n) is 2.39. The highest BCUT2D eigenvalue weighted by Crippen LogP contribution is 2.31. The lowest BCUT2D eigenvalue weighted by atomic mass is 9.95. The first kappa shape index (κ1) is 15.4. The molecule has 0 radical (unpaired) electrons. The molecule has 0 N–H and O–H groups in total. The number of halogens is 3. The fourth-order valence-corrected chi connectivity index (χ4v) is 2.39. The SMILES string of the molecule is Bc1ccc(-c2nc(C(F)(F)F)cn2Cc2ccccc2)cc1. The van der Waals surface area contributed by atoms with E-state index in [0.717, 1.165) is 17.2 Å². The Morgan fingerprint density at radius 1 is 0.957 bits per heavy atom. The Morgan fingerprint density at radius 2 is 1.61 bits per heavy atom. The van der Waals surface area contributed by atoms with Crippen LogP contribution in [0.2, 0.25) is 0 Å². The number of alkyl halides is 3. The Bertz CT molecular complexity index is 793. The van der Waals surface area contributed by atoms with E-state index in [0.29, 0.717) is 17.9 Å². The molecule has 0 aliphatic carbocycles. The van der Waals surface area contributed by atoms with Crippen LogP contribution in [-0.2, 0) is 12.7 Å². The van der Waals surface area contributed by atoms with Crippen LogP contribution in [0.5, 0.6) is 0 Å². The Morgan fingerprint density at radius 3 is 2.22 bits per heavy atom. The fraction of sp³-hybridized carbons (Fsp3) is 0.118. The van der Waals surface area contributed by atoms with Crippen LogP contribution < -0.4 is 5.46 Å². The molecule has 1 aromatic heterocycles. The summed E-state index contributed by atoms with van der Waals surface area (Å²) in [5.74, 6) is 0.321. The van der Waals surface area contributed by atoms with E-state index in [2.05, 4.69) is 4.98 Å². The van der Waals surface area contributed by atoms with Crippen molar-refractivity contribution in [3.63, 3.8) is 0 Å². The Labute approximate surface area is 133 Å². The van der Waals surface area contributed by atoms with Crippen LogP contribution in [-0.4, -0.2) is 17.4 Å². The van der Waals surface area contributed by atoms with Crippen LogP contribution in [0.1, 0.15) is 11.3 Å². The molecule has 116 valence electrons. The molecule has 0 saturated heterocycles. The van der Waals surface area contributed by atoms with Gasteiger partial charge in [0.2, 0.25) is 0 Å². The van der Waals surface area contributed by atoms with Gasteiger partial charge in [-0.2, -0.15) is 13.2 Å². The van der Waals surface area contributed by atoms with Gasteiger partial charge < -0.3 is 4.57 Å². The Balaban J connectivity index is 2.05. The molecule has 0 aliphatic heterocycles. The van der Waals surface area contributed by atoms with Crippen molar-refractivity contribution >= 4 is 13.3 Å². The van der Waals surface area contributed by atoms with E-state index >= 15 is 0 Å². The minimum atomic E-state index is -4.46. The highest BCUT2D eigenvalue weighted by molar-refractivity contribution is 6.32. The second-order valence-corrected chi connectivity index (χ2v) is 5.43. The van der Waals surface area contributed by atoms with Gasteiger partial charge in [0, 0.05) is 18.3 Å². The van der Waals surface area contributed by atoms with Gasteiger partial charge in [-0.3, -0.25) is 0 Å². The van der Waals surface area contributed by atoms with Crippen LogP contribution >= 0.6 is 0 Å². The molecule has 3 rings (SSSR count). The van der Waals surface area contributed by atoms with Crippen molar-refractivity contribution in [1.29, 1.82) is 0 Å². The predicted octanol–water partition coefficient (Wildman–Crippen LogP) is 2.88. The van der Waals surface area contributed by atoms with E-state index in [1.807, 2.05) is 50.3 Å². The summed E-state index contributed by atoms with van der Waals surface area (Å²) in [7, 11) is 1.93. The molecule has 0 saturated carbocycles. The number of rotatable bonds is 3. The van der Waals surface area contributed by atoms with E-state index in [-0.39, 0.29) is 0 Å². The maximum Gasteiger partial charge on any atom is 0.434 e. The first-order valence-electron chi connectivity index (χ1n) is 7.19. The molecule has 0 fully saturated rings. The second-order valence-electron chi connectivity index (χ2n) is 5.43. The van der Waals surface area contributed by atoms with Gasteiger partial charge in [-0.15, -0.1) is 0 Å². The van der Waals surface area contributed by atoms with Gasteiger partial charge in [-0.25, -0.2) is 4.98 Å². The van der Waals surface area contributed by atoms with E-state index in [9.17, 15) is 13.2 Å². The van der Waals surface area contributed by atoms with Gasteiger partial charge in [0.15, 0.2) is 5.69 Å². The van der Waals surface area contributed by atoms with Gasteiger partial charge in [-0.05, 0) is 5.56 Å². The van der Waals surface area contributed by atoms with Crippen molar-refractivity contribution in [1.82, 2.24) is 9.55 Å². The summed E-state index contributed by atoms with van der Waals surface area (Å²) in [5, 5.41) is 0. The monoisotopic (exact) mass is 314 g/mol. The largest absolute Gasteiger partial charge is 0.434 e. The molecule has 23 heavy (non-hydrogen) atoms. The smallest absolute Gasteiger partial charge is 0.326 e. The van der Waals surface area contributed by atoms with Gasteiger partial charge >= 0.3 is 6.18 Å². The first-order valence-corrected chi connectivity index (χ1v) is 7.19. The van der Waals surface area contributed by atoms with Gasteiger partial charge in [0.1, 0.15) is 13.7 Å². The van der Waals surface area contributed by atoms with Crippen LogP contribution in [0.3, 0.4) is 0 Å². The maximum absolute atomic E-state index is 13.0. The van der Waals surface area contributed by atoms with Crippen molar-refractivity contribution < 1.29 is 13.2 Å². The molecule has 0 atom stereocenters. The van der Waals surface area contributed by atoms with E-state index < -0.39 is 11.9 Å². The van der Waals surface area contributed by atoms with Crippen molar-refractivity contribution in [2.45, 2.75) is 12.7 Å². The van der Waals surface area contributed by atoms with E-state index in [1.165, 1.54) is 0 Å². The Hall–Kier alpha value is -2.50. The lowest BCUT2D eigenvalue weighted by Gasteiger charge is -2.08. The zero-order valence-electron chi connectivity index (χ0n) is 12.5. The number of benzene rings is 2. The van der Waals surface area contributed by atoms with Crippen molar-refractivity contribution in [3.05, 3.63) is 72.1 Å². The van der Waals surface area contributed by atoms with Crippen LogP contribution in [0, 0.1) is 0 Å². The summed E-state index contributed by atoms with van der Waals surface area (Å²) < 4.78 is 40.6. The average Bonchev–Trinajstić information content (AvgIpc) is 2.93. The van der Waals surface area contributed by atoms with Crippen LogP contribution in [0.4, 0.5) is 13.2 Å². The first-order chi connectivity index (χ1) is 10.9. The van der Waals surface area contributed by atoms with Gasteiger partial charge in [0.05, 0.1) is 0 Å². The lowest BCUT2D eigenvalue weighted by molar-refractivity contribution is -0.140. The molecular weight excluding hydrogens is 300 g/mol. The van der Waals surface area contributed by atoms with Gasteiger partial charge in [-0.1, -0.05) is 60.1 Å². The van der Waals surface area contributed by atoms with Crippen molar-refractivity contribution in [2.24, 2.45) is 0 Å².